The van der Waals surface area contributed by atoms with E-state index < -0.39 is 16.3 Å². The highest BCUT2D eigenvalue weighted by atomic mass is 32.2. The SMILES string of the molecule is CN(c1ccccc1)S(=O)(=O)OC(=O)c1ccccc1. The minimum absolute atomic E-state index is 0.178. The Hall–Kier alpha value is -2.34. The molecule has 0 saturated carbocycles. The van der Waals surface area contributed by atoms with E-state index in [9.17, 15) is 13.2 Å². The van der Waals surface area contributed by atoms with Gasteiger partial charge in [0, 0.05) is 7.05 Å². The topological polar surface area (TPSA) is 63.7 Å². The van der Waals surface area contributed by atoms with Gasteiger partial charge in [0.15, 0.2) is 0 Å². The quantitative estimate of drug-likeness (QED) is 0.866. The molecule has 0 atom stereocenters. The van der Waals surface area contributed by atoms with E-state index in [-0.39, 0.29) is 5.56 Å². The highest BCUT2D eigenvalue weighted by Crippen LogP contribution is 2.17. The van der Waals surface area contributed by atoms with Crippen LogP contribution in [0.5, 0.6) is 0 Å². The second-order valence-corrected chi connectivity index (χ2v) is 5.57. The fraction of sp³-hybridized carbons (Fsp3) is 0.0714. The van der Waals surface area contributed by atoms with Gasteiger partial charge in [0.2, 0.25) is 0 Å². The summed E-state index contributed by atoms with van der Waals surface area (Å²) in [6.07, 6.45) is 0. The molecule has 0 aliphatic heterocycles. The van der Waals surface area contributed by atoms with Gasteiger partial charge in [-0.3, -0.25) is 0 Å². The molecule has 20 heavy (non-hydrogen) atoms. The lowest BCUT2D eigenvalue weighted by Crippen LogP contribution is -2.30. The van der Waals surface area contributed by atoms with Crippen LogP contribution >= 0.6 is 0 Å². The van der Waals surface area contributed by atoms with Crippen molar-refractivity contribution in [3.63, 3.8) is 0 Å². The maximum absolute atomic E-state index is 12.0. The molecule has 0 heterocycles. The lowest BCUT2D eigenvalue weighted by Gasteiger charge is -2.17. The number of carbonyl (C=O) groups excluding carboxylic acids is 1. The summed E-state index contributed by atoms with van der Waals surface area (Å²) in [4.78, 5) is 11.8. The first kappa shape index (κ1) is 14.1. The third-order valence-corrected chi connectivity index (χ3v) is 3.89. The molecule has 0 saturated heterocycles. The van der Waals surface area contributed by atoms with Crippen LogP contribution in [0.4, 0.5) is 5.69 Å². The van der Waals surface area contributed by atoms with E-state index in [1.54, 1.807) is 48.5 Å². The van der Waals surface area contributed by atoms with Crippen molar-refractivity contribution < 1.29 is 17.4 Å². The van der Waals surface area contributed by atoms with Crippen LogP contribution in [-0.4, -0.2) is 21.4 Å². The van der Waals surface area contributed by atoms with Crippen molar-refractivity contribution in [2.45, 2.75) is 0 Å². The second kappa shape index (κ2) is 5.75. The maximum atomic E-state index is 12.0. The summed E-state index contributed by atoms with van der Waals surface area (Å²) in [7, 11) is -2.85. The molecule has 0 aliphatic rings. The van der Waals surface area contributed by atoms with Crippen LogP contribution < -0.4 is 4.31 Å². The summed E-state index contributed by atoms with van der Waals surface area (Å²) in [5.74, 6) is -0.909. The van der Waals surface area contributed by atoms with E-state index in [0.29, 0.717) is 5.69 Å². The molecule has 0 aromatic heterocycles. The molecule has 104 valence electrons. The predicted octanol–water partition coefficient (Wildman–Crippen LogP) is 2.22. The molecule has 0 aliphatic carbocycles. The number of carbonyl (C=O) groups is 1. The zero-order valence-electron chi connectivity index (χ0n) is 10.8. The Balaban J connectivity index is 2.18. The van der Waals surface area contributed by atoms with E-state index in [1.807, 2.05) is 0 Å². The molecule has 0 spiro atoms. The fourth-order valence-corrected chi connectivity index (χ4v) is 2.32. The highest BCUT2D eigenvalue weighted by molar-refractivity contribution is 7.88. The first-order valence-corrected chi connectivity index (χ1v) is 7.20. The highest BCUT2D eigenvalue weighted by Gasteiger charge is 2.24. The van der Waals surface area contributed by atoms with Crippen LogP contribution in [0.2, 0.25) is 0 Å². The van der Waals surface area contributed by atoms with Crippen molar-refractivity contribution in [3.8, 4) is 0 Å². The van der Waals surface area contributed by atoms with Gasteiger partial charge >= 0.3 is 16.3 Å². The van der Waals surface area contributed by atoms with Gasteiger partial charge < -0.3 is 4.18 Å². The molecular weight excluding hydrogens is 278 g/mol. The van der Waals surface area contributed by atoms with Gasteiger partial charge in [-0.2, -0.15) is 8.42 Å². The Morgan fingerprint density at radius 1 is 0.950 bits per heavy atom. The molecule has 6 heteroatoms. The van der Waals surface area contributed by atoms with Crippen molar-refractivity contribution in [1.29, 1.82) is 0 Å². The van der Waals surface area contributed by atoms with Gasteiger partial charge in [-0.25, -0.2) is 9.10 Å². The number of rotatable bonds is 4. The number of hydrogen-bond acceptors (Lipinski definition) is 4. The normalized spacial score (nSPS) is 10.8. The van der Waals surface area contributed by atoms with Crippen molar-refractivity contribution in [3.05, 3.63) is 66.2 Å². The predicted molar refractivity (Wildman–Crippen MR) is 75.6 cm³/mol. The number of anilines is 1. The van der Waals surface area contributed by atoms with Crippen LogP contribution in [0.15, 0.2) is 60.7 Å². The maximum Gasteiger partial charge on any atom is 0.412 e. The van der Waals surface area contributed by atoms with Crippen molar-refractivity contribution in [2.24, 2.45) is 0 Å². The summed E-state index contributed by atoms with van der Waals surface area (Å²) in [5, 5.41) is 0. The van der Waals surface area contributed by atoms with Gasteiger partial charge in [-0.15, -0.1) is 0 Å². The number of nitrogens with zero attached hydrogens (tertiary/aromatic N) is 1. The van der Waals surface area contributed by atoms with E-state index in [2.05, 4.69) is 4.18 Å². The average Bonchev–Trinajstić information content (AvgIpc) is 2.48. The molecular formula is C14H13NO4S. The molecule has 0 amide bonds. The second-order valence-electron chi connectivity index (χ2n) is 4.00. The summed E-state index contributed by atoms with van der Waals surface area (Å²) in [6.45, 7) is 0. The standard InChI is InChI=1S/C14H13NO4S/c1-15(13-10-6-3-7-11-13)20(17,18)19-14(16)12-8-4-2-5-9-12/h2-11H,1H3. The molecule has 2 aromatic rings. The van der Waals surface area contributed by atoms with Gasteiger partial charge in [0.1, 0.15) is 0 Å². The minimum atomic E-state index is -4.18. The van der Waals surface area contributed by atoms with E-state index in [1.165, 1.54) is 19.2 Å². The Morgan fingerprint density at radius 3 is 2.00 bits per heavy atom. The lowest BCUT2D eigenvalue weighted by atomic mass is 10.2. The molecule has 5 nitrogen and oxygen atoms in total. The molecule has 2 rings (SSSR count). The first-order chi connectivity index (χ1) is 9.50. The number of benzene rings is 2. The molecule has 0 N–H and O–H groups in total. The molecule has 2 aromatic carbocycles. The van der Waals surface area contributed by atoms with E-state index >= 15 is 0 Å². The monoisotopic (exact) mass is 291 g/mol. The smallest absolute Gasteiger partial charge is 0.325 e. The first-order valence-electron chi connectivity index (χ1n) is 5.83. The third-order valence-electron chi connectivity index (χ3n) is 2.65. The zero-order valence-corrected chi connectivity index (χ0v) is 11.6. The van der Waals surface area contributed by atoms with Gasteiger partial charge in [0.05, 0.1) is 11.3 Å². The Morgan fingerprint density at radius 2 is 1.45 bits per heavy atom. The van der Waals surface area contributed by atoms with Gasteiger partial charge in [-0.05, 0) is 24.3 Å². The fourth-order valence-electron chi connectivity index (χ4n) is 1.54. The summed E-state index contributed by atoms with van der Waals surface area (Å²) < 4.78 is 29.5. The van der Waals surface area contributed by atoms with E-state index in [4.69, 9.17) is 0 Å². The summed E-state index contributed by atoms with van der Waals surface area (Å²) >= 11 is 0. The largest absolute Gasteiger partial charge is 0.412 e. The Labute approximate surface area is 117 Å². The van der Waals surface area contributed by atoms with Crippen LogP contribution in [0.1, 0.15) is 10.4 Å². The molecule has 0 unspecified atom stereocenters. The minimum Gasteiger partial charge on any atom is -0.325 e. The van der Waals surface area contributed by atoms with Crippen LogP contribution in [0, 0.1) is 0 Å². The van der Waals surface area contributed by atoms with Crippen molar-refractivity contribution in [2.75, 3.05) is 11.4 Å². The zero-order chi connectivity index (χ0) is 14.6. The average molecular weight is 291 g/mol. The Kier molecular flexibility index (Phi) is 4.05. The van der Waals surface area contributed by atoms with E-state index in [0.717, 1.165) is 4.31 Å². The van der Waals surface area contributed by atoms with Gasteiger partial charge in [-0.1, -0.05) is 36.4 Å². The van der Waals surface area contributed by atoms with Crippen LogP contribution in [-0.2, 0) is 14.5 Å². The number of para-hydroxylation sites is 1. The van der Waals surface area contributed by atoms with Crippen LogP contribution in [0.3, 0.4) is 0 Å². The molecule has 0 bridgehead atoms. The number of hydrogen-bond donors (Lipinski definition) is 0. The summed E-state index contributed by atoms with van der Waals surface area (Å²) in [6, 6.07) is 16.3. The van der Waals surface area contributed by atoms with Crippen LogP contribution in [0.25, 0.3) is 0 Å². The molecule has 0 radical (unpaired) electrons. The third kappa shape index (κ3) is 3.16. The van der Waals surface area contributed by atoms with Crippen molar-refractivity contribution >= 4 is 22.0 Å². The van der Waals surface area contributed by atoms with Crippen molar-refractivity contribution in [1.82, 2.24) is 0 Å². The molecule has 0 fully saturated rings. The summed E-state index contributed by atoms with van der Waals surface area (Å²) in [5.41, 5.74) is 0.589. The van der Waals surface area contributed by atoms with Gasteiger partial charge in [0.25, 0.3) is 0 Å². The Bertz CT molecular complexity index is 684. The lowest BCUT2D eigenvalue weighted by molar-refractivity contribution is 0.0746.